The van der Waals surface area contributed by atoms with Crippen LogP contribution >= 0.6 is 12.4 Å². The lowest BCUT2D eigenvalue weighted by Crippen LogP contribution is -2.31. The summed E-state index contributed by atoms with van der Waals surface area (Å²) in [6.07, 6.45) is 3.62. The summed E-state index contributed by atoms with van der Waals surface area (Å²) in [6, 6.07) is 21.0. The van der Waals surface area contributed by atoms with Crippen molar-refractivity contribution in [1.82, 2.24) is 4.90 Å². The van der Waals surface area contributed by atoms with Gasteiger partial charge in [0, 0.05) is 23.8 Å². The summed E-state index contributed by atoms with van der Waals surface area (Å²) in [7, 11) is 0. The van der Waals surface area contributed by atoms with Crippen LogP contribution in [-0.2, 0) is 6.42 Å². The molecule has 0 radical (unpaired) electrons. The van der Waals surface area contributed by atoms with Crippen LogP contribution < -0.4 is 5.32 Å². The number of hydrogen-bond acceptors (Lipinski definition) is 2. The second kappa shape index (κ2) is 7.34. The van der Waals surface area contributed by atoms with Gasteiger partial charge in [0.25, 0.3) is 5.91 Å². The Balaban J connectivity index is 0.00000180. The zero-order chi connectivity index (χ0) is 17.5. The molecular weight excluding hydrogens is 356 g/mol. The first-order chi connectivity index (χ1) is 12.8. The zero-order valence-electron chi connectivity index (χ0n) is 15.2. The molecule has 3 aromatic carbocycles. The standard InChI is InChI=1S/C23H22N2O.ClH/c26-23(19-8-7-16-4-1-2-5-18(16)14-19)24-20-10-9-17-11-13-25-12-3-6-22(25)21(17)15-20;/h1-2,4-5,7-10,14-15,22H,3,6,11-13H2,(H,24,26);1H. The molecule has 1 unspecified atom stereocenters. The molecule has 4 heteroatoms. The predicted molar refractivity (Wildman–Crippen MR) is 113 cm³/mol. The Hall–Kier alpha value is -2.36. The van der Waals surface area contributed by atoms with Crippen LogP contribution in [0.25, 0.3) is 10.8 Å². The van der Waals surface area contributed by atoms with E-state index >= 15 is 0 Å². The molecule has 2 aliphatic heterocycles. The highest BCUT2D eigenvalue weighted by atomic mass is 35.5. The minimum Gasteiger partial charge on any atom is -0.322 e. The molecule has 1 fully saturated rings. The maximum atomic E-state index is 12.7. The first-order valence-electron chi connectivity index (χ1n) is 9.45. The number of nitrogens with one attached hydrogen (secondary N) is 1. The van der Waals surface area contributed by atoms with Crippen LogP contribution in [0, 0.1) is 0 Å². The van der Waals surface area contributed by atoms with Gasteiger partial charge in [0.15, 0.2) is 0 Å². The molecule has 0 saturated carbocycles. The molecule has 3 aromatic rings. The predicted octanol–water partition coefficient (Wildman–Crippen LogP) is 5.21. The Kier molecular flexibility index (Phi) is 4.90. The van der Waals surface area contributed by atoms with E-state index in [2.05, 4.69) is 28.4 Å². The third kappa shape index (κ3) is 3.33. The summed E-state index contributed by atoms with van der Waals surface area (Å²) in [5.74, 6) is -0.0465. The molecule has 0 aromatic heterocycles. The Morgan fingerprint density at radius 3 is 2.70 bits per heavy atom. The van der Waals surface area contributed by atoms with Gasteiger partial charge in [0.05, 0.1) is 0 Å². The summed E-state index contributed by atoms with van der Waals surface area (Å²) in [6.45, 7) is 2.37. The smallest absolute Gasteiger partial charge is 0.255 e. The Bertz CT molecular complexity index is 1000. The molecule has 5 rings (SSSR count). The summed E-state index contributed by atoms with van der Waals surface area (Å²) < 4.78 is 0. The number of carbonyl (C=O) groups is 1. The van der Waals surface area contributed by atoms with Crippen molar-refractivity contribution in [3.05, 3.63) is 77.4 Å². The third-order valence-corrected chi connectivity index (χ3v) is 5.81. The minimum atomic E-state index is -0.0465. The van der Waals surface area contributed by atoms with E-state index in [1.807, 2.05) is 42.5 Å². The van der Waals surface area contributed by atoms with Gasteiger partial charge in [-0.25, -0.2) is 0 Å². The molecule has 138 valence electrons. The number of fused-ring (bicyclic) bond motifs is 4. The van der Waals surface area contributed by atoms with Crippen molar-refractivity contribution in [2.45, 2.75) is 25.3 Å². The largest absolute Gasteiger partial charge is 0.322 e. The highest BCUT2D eigenvalue weighted by Gasteiger charge is 2.31. The van der Waals surface area contributed by atoms with Crippen LogP contribution in [0.1, 0.15) is 40.4 Å². The number of hydrogen-bond donors (Lipinski definition) is 1. The van der Waals surface area contributed by atoms with Gasteiger partial charge in [-0.15, -0.1) is 12.4 Å². The van der Waals surface area contributed by atoms with E-state index in [0.29, 0.717) is 11.6 Å². The fourth-order valence-electron chi connectivity index (χ4n) is 4.45. The van der Waals surface area contributed by atoms with E-state index in [4.69, 9.17) is 0 Å². The average Bonchev–Trinajstić information content (AvgIpc) is 3.17. The third-order valence-electron chi connectivity index (χ3n) is 5.81. The highest BCUT2D eigenvalue weighted by molar-refractivity contribution is 6.06. The average molecular weight is 379 g/mol. The van der Waals surface area contributed by atoms with Gasteiger partial charge in [-0.2, -0.15) is 0 Å². The van der Waals surface area contributed by atoms with E-state index in [-0.39, 0.29) is 18.3 Å². The second-order valence-corrected chi connectivity index (χ2v) is 7.37. The summed E-state index contributed by atoms with van der Waals surface area (Å²) in [5, 5.41) is 5.34. The van der Waals surface area contributed by atoms with Gasteiger partial charge >= 0.3 is 0 Å². The molecule has 2 aliphatic rings. The highest BCUT2D eigenvalue weighted by Crippen LogP contribution is 2.38. The number of nitrogens with zero attached hydrogens (tertiary/aromatic N) is 1. The molecule has 1 atom stereocenters. The number of amides is 1. The van der Waals surface area contributed by atoms with Crippen molar-refractivity contribution >= 4 is 34.8 Å². The summed E-state index contributed by atoms with van der Waals surface area (Å²) in [4.78, 5) is 15.3. The van der Waals surface area contributed by atoms with Crippen LogP contribution in [0.5, 0.6) is 0 Å². The molecule has 3 nitrogen and oxygen atoms in total. The first kappa shape index (κ1) is 18.0. The Morgan fingerprint density at radius 1 is 0.963 bits per heavy atom. The van der Waals surface area contributed by atoms with Gasteiger partial charge in [-0.3, -0.25) is 9.69 Å². The molecule has 27 heavy (non-hydrogen) atoms. The van der Waals surface area contributed by atoms with Gasteiger partial charge < -0.3 is 5.32 Å². The van der Waals surface area contributed by atoms with Crippen molar-refractivity contribution in [3.8, 4) is 0 Å². The Morgan fingerprint density at radius 2 is 1.81 bits per heavy atom. The van der Waals surface area contributed by atoms with Crippen molar-refractivity contribution in [1.29, 1.82) is 0 Å². The van der Waals surface area contributed by atoms with E-state index in [0.717, 1.165) is 22.9 Å². The minimum absolute atomic E-state index is 0. The normalized spacial score (nSPS) is 18.4. The monoisotopic (exact) mass is 378 g/mol. The van der Waals surface area contributed by atoms with Gasteiger partial charge in [-0.05, 0) is 72.0 Å². The van der Waals surface area contributed by atoms with E-state index in [1.165, 1.54) is 37.1 Å². The van der Waals surface area contributed by atoms with Crippen molar-refractivity contribution in [2.75, 3.05) is 18.4 Å². The van der Waals surface area contributed by atoms with Crippen LogP contribution in [0.15, 0.2) is 60.7 Å². The zero-order valence-corrected chi connectivity index (χ0v) is 16.0. The molecule has 1 N–H and O–H groups in total. The number of carbonyl (C=O) groups excluding carboxylic acids is 1. The SMILES string of the molecule is Cl.O=C(Nc1ccc2c(c1)C1CCCN1CC2)c1ccc2ccccc2c1. The van der Waals surface area contributed by atoms with Crippen LogP contribution in [0.4, 0.5) is 5.69 Å². The number of halogens is 1. The summed E-state index contributed by atoms with van der Waals surface area (Å²) in [5.41, 5.74) is 4.45. The second-order valence-electron chi connectivity index (χ2n) is 7.37. The van der Waals surface area contributed by atoms with Crippen LogP contribution in [-0.4, -0.2) is 23.9 Å². The molecule has 0 aliphatic carbocycles. The van der Waals surface area contributed by atoms with E-state index in [9.17, 15) is 4.79 Å². The molecule has 1 saturated heterocycles. The molecule has 0 bridgehead atoms. The Labute approximate surface area is 165 Å². The van der Waals surface area contributed by atoms with Gasteiger partial charge in [-0.1, -0.05) is 36.4 Å². The number of rotatable bonds is 2. The first-order valence-corrected chi connectivity index (χ1v) is 9.45. The van der Waals surface area contributed by atoms with E-state index < -0.39 is 0 Å². The quantitative estimate of drug-likeness (QED) is 0.664. The molecular formula is C23H23ClN2O. The lowest BCUT2D eigenvalue weighted by atomic mass is 9.92. The number of anilines is 1. The van der Waals surface area contributed by atoms with Crippen LogP contribution in [0.3, 0.4) is 0 Å². The van der Waals surface area contributed by atoms with Gasteiger partial charge in [0.1, 0.15) is 0 Å². The lowest BCUT2D eigenvalue weighted by Gasteiger charge is -2.32. The number of benzene rings is 3. The fourth-order valence-corrected chi connectivity index (χ4v) is 4.45. The summed E-state index contributed by atoms with van der Waals surface area (Å²) >= 11 is 0. The maximum absolute atomic E-state index is 12.7. The fraction of sp³-hybridized carbons (Fsp3) is 0.261. The van der Waals surface area contributed by atoms with Crippen molar-refractivity contribution in [3.63, 3.8) is 0 Å². The molecule has 0 spiro atoms. The topological polar surface area (TPSA) is 32.3 Å². The maximum Gasteiger partial charge on any atom is 0.255 e. The van der Waals surface area contributed by atoms with E-state index in [1.54, 1.807) is 0 Å². The molecule has 1 amide bonds. The van der Waals surface area contributed by atoms with Crippen LogP contribution in [0.2, 0.25) is 0 Å². The lowest BCUT2D eigenvalue weighted by molar-refractivity contribution is 0.102. The molecule has 2 heterocycles. The van der Waals surface area contributed by atoms with Crippen molar-refractivity contribution in [2.24, 2.45) is 0 Å². The van der Waals surface area contributed by atoms with Gasteiger partial charge in [0.2, 0.25) is 0 Å². The van der Waals surface area contributed by atoms with Crippen molar-refractivity contribution < 1.29 is 4.79 Å².